The van der Waals surface area contributed by atoms with Crippen LogP contribution in [0, 0.1) is 12.7 Å². The van der Waals surface area contributed by atoms with Gasteiger partial charge < -0.3 is 5.32 Å². The summed E-state index contributed by atoms with van der Waals surface area (Å²) in [6.45, 7) is 3.18. The van der Waals surface area contributed by atoms with E-state index in [1.165, 1.54) is 4.88 Å². The van der Waals surface area contributed by atoms with Gasteiger partial charge in [-0.3, -0.25) is 0 Å². The van der Waals surface area contributed by atoms with Gasteiger partial charge in [0.15, 0.2) is 0 Å². The lowest BCUT2D eigenvalue weighted by atomic mass is 10.1. The quantitative estimate of drug-likeness (QED) is 0.880. The second kappa shape index (κ2) is 5.63. The van der Waals surface area contributed by atoms with E-state index < -0.39 is 0 Å². The minimum absolute atomic E-state index is 0.150. The van der Waals surface area contributed by atoms with Crippen molar-refractivity contribution in [3.8, 4) is 0 Å². The summed E-state index contributed by atoms with van der Waals surface area (Å²) in [6, 6.07) is 9.19. The number of hydrogen-bond acceptors (Lipinski definition) is 2. The lowest BCUT2D eigenvalue weighted by molar-refractivity contribution is 0.612. The highest BCUT2D eigenvalue weighted by Gasteiger charge is 2.00. The second-order valence-electron chi connectivity index (χ2n) is 3.89. The average molecular weight is 270 g/mol. The molecule has 1 N–H and O–H groups in total. The zero-order chi connectivity index (χ0) is 12.3. The van der Waals surface area contributed by atoms with Gasteiger partial charge in [0.2, 0.25) is 0 Å². The molecule has 1 nitrogen and oxygen atoms in total. The molecule has 4 heteroatoms. The highest BCUT2D eigenvalue weighted by Crippen LogP contribution is 2.21. The van der Waals surface area contributed by atoms with Crippen molar-refractivity contribution in [3.63, 3.8) is 0 Å². The van der Waals surface area contributed by atoms with Gasteiger partial charge in [-0.15, -0.1) is 11.3 Å². The molecule has 0 aliphatic carbocycles. The molecule has 0 spiro atoms. The van der Waals surface area contributed by atoms with Crippen molar-refractivity contribution in [2.45, 2.75) is 20.0 Å². The standard InChI is InChI=1S/C13H13ClFNS/c1-9-2-3-10(6-12(9)15)7-16-8-11-4-5-13(14)17-11/h2-6,16H,7-8H2,1H3. The molecular formula is C13H13ClFNS. The molecule has 0 amide bonds. The van der Waals surface area contributed by atoms with Gasteiger partial charge in [-0.25, -0.2) is 4.39 Å². The summed E-state index contributed by atoms with van der Waals surface area (Å²) in [6.07, 6.45) is 0. The lowest BCUT2D eigenvalue weighted by Gasteiger charge is -2.04. The number of benzene rings is 1. The van der Waals surface area contributed by atoms with Crippen molar-refractivity contribution in [2.24, 2.45) is 0 Å². The van der Waals surface area contributed by atoms with Crippen molar-refractivity contribution < 1.29 is 4.39 Å². The molecule has 90 valence electrons. The number of hydrogen-bond donors (Lipinski definition) is 1. The fraction of sp³-hybridized carbons (Fsp3) is 0.231. The van der Waals surface area contributed by atoms with Crippen LogP contribution in [-0.4, -0.2) is 0 Å². The molecule has 2 rings (SSSR count). The summed E-state index contributed by atoms with van der Waals surface area (Å²) in [5, 5.41) is 3.26. The maximum Gasteiger partial charge on any atom is 0.126 e. The van der Waals surface area contributed by atoms with Crippen LogP contribution in [0.2, 0.25) is 4.34 Å². The van der Waals surface area contributed by atoms with E-state index in [2.05, 4.69) is 5.32 Å². The minimum Gasteiger partial charge on any atom is -0.308 e. The van der Waals surface area contributed by atoms with Gasteiger partial charge in [-0.1, -0.05) is 23.7 Å². The van der Waals surface area contributed by atoms with Gasteiger partial charge in [0.25, 0.3) is 0 Å². The summed E-state index contributed by atoms with van der Waals surface area (Å²) in [5.41, 5.74) is 1.63. The highest BCUT2D eigenvalue weighted by molar-refractivity contribution is 7.16. The third-order valence-electron chi connectivity index (χ3n) is 2.49. The fourth-order valence-corrected chi connectivity index (χ4v) is 2.58. The Hall–Kier alpha value is -0.900. The highest BCUT2D eigenvalue weighted by atomic mass is 35.5. The van der Waals surface area contributed by atoms with Gasteiger partial charge in [0, 0.05) is 18.0 Å². The van der Waals surface area contributed by atoms with Crippen LogP contribution in [0.15, 0.2) is 30.3 Å². The molecule has 1 heterocycles. The fourth-order valence-electron chi connectivity index (χ4n) is 1.52. The molecule has 1 aromatic carbocycles. The average Bonchev–Trinajstić information content (AvgIpc) is 2.70. The monoisotopic (exact) mass is 269 g/mol. The Morgan fingerprint density at radius 2 is 2.06 bits per heavy atom. The van der Waals surface area contributed by atoms with Gasteiger partial charge in [-0.2, -0.15) is 0 Å². The Balaban J connectivity index is 1.87. The summed E-state index contributed by atoms with van der Waals surface area (Å²) in [7, 11) is 0. The molecule has 2 aromatic rings. The largest absolute Gasteiger partial charge is 0.308 e. The zero-order valence-electron chi connectivity index (χ0n) is 9.47. The summed E-state index contributed by atoms with van der Waals surface area (Å²) in [4.78, 5) is 1.18. The van der Waals surface area contributed by atoms with Crippen molar-refractivity contribution in [1.29, 1.82) is 0 Å². The van der Waals surface area contributed by atoms with E-state index in [0.29, 0.717) is 12.1 Å². The van der Waals surface area contributed by atoms with E-state index in [9.17, 15) is 4.39 Å². The van der Waals surface area contributed by atoms with E-state index in [-0.39, 0.29) is 5.82 Å². The van der Waals surface area contributed by atoms with Crippen molar-refractivity contribution >= 4 is 22.9 Å². The minimum atomic E-state index is -0.150. The number of nitrogens with one attached hydrogen (secondary N) is 1. The molecule has 0 aliphatic rings. The van der Waals surface area contributed by atoms with Crippen LogP contribution in [-0.2, 0) is 13.1 Å². The SMILES string of the molecule is Cc1ccc(CNCc2ccc(Cl)s2)cc1F. The molecule has 0 fully saturated rings. The Labute approximate surface area is 109 Å². The topological polar surface area (TPSA) is 12.0 Å². The van der Waals surface area contributed by atoms with Crippen LogP contribution < -0.4 is 5.32 Å². The number of thiophene rings is 1. The predicted molar refractivity (Wildman–Crippen MR) is 71.0 cm³/mol. The van der Waals surface area contributed by atoms with E-state index in [0.717, 1.165) is 16.4 Å². The predicted octanol–water partition coefficient (Wildman–Crippen LogP) is 4.14. The van der Waals surface area contributed by atoms with Gasteiger partial charge >= 0.3 is 0 Å². The maximum absolute atomic E-state index is 13.3. The molecule has 0 unspecified atom stereocenters. The number of halogens is 2. The molecule has 0 aliphatic heterocycles. The third-order valence-corrected chi connectivity index (χ3v) is 3.72. The Morgan fingerprint density at radius 1 is 1.24 bits per heavy atom. The van der Waals surface area contributed by atoms with Crippen molar-refractivity contribution in [2.75, 3.05) is 0 Å². The molecular weight excluding hydrogens is 257 g/mol. The van der Waals surface area contributed by atoms with Crippen LogP contribution in [0.4, 0.5) is 4.39 Å². The Bertz CT molecular complexity index is 510. The van der Waals surface area contributed by atoms with Crippen LogP contribution in [0.5, 0.6) is 0 Å². The lowest BCUT2D eigenvalue weighted by Crippen LogP contribution is -2.11. The van der Waals surface area contributed by atoms with E-state index >= 15 is 0 Å². The van der Waals surface area contributed by atoms with E-state index in [1.54, 1.807) is 30.4 Å². The first kappa shape index (κ1) is 12.6. The number of rotatable bonds is 4. The number of aryl methyl sites for hydroxylation is 1. The molecule has 0 radical (unpaired) electrons. The van der Waals surface area contributed by atoms with Gasteiger partial charge in [-0.05, 0) is 36.2 Å². The first-order chi connectivity index (χ1) is 8.15. The first-order valence-corrected chi connectivity index (χ1v) is 6.54. The molecule has 17 heavy (non-hydrogen) atoms. The molecule has 0 atom stereocenters. The summed E-state index contributed by atoms with van der Waals surface area (Å²) >= 11 is 7.39. The smallest absolute Gasteiger partial charge is 0.126 e. The van der Waals surface area contributed by atoms with Crippen LogP contribution in [0.25, 0.3) is 0 Å². The van der Waals surface area contributed by atoms with Crippen LogP contribution in [0.1, 0.15) is 16.0 Å². The van der Waals surface area contributed by atoms with Crippen molar-refractivity contribution in [1.82, 2.24) is 5.32 Å². The van der Waals surface area contributed by atoms with E-state index in [1.807, 2.05) is 18.2 Å². The first-order valence-electron chi connectivity index (χ1n) is 5.35. The second-order valence-corrected chi connectivity index (χ2v) is 5.69. The van der Waals surface area contributed by atoms with Crippen molar-refractivity contribution in [3.05, 3.63) is 56.5 Å². The molecule has 1 aromatic heterocycles. The Kier molecular flexibility index (Phi) is 4.15. The maximum atomic E-state index is 13.3. The summed E-state index contributed by atoms with van der Waals surface area (Å²) < 4.78 is 14.1. The van der Waals surface area contributed by atoms with Crippen LogP contribution >= 0.6 is 22.9 Å². The van der Waals surface area contributed by atoms with Crippen LogP contribution in [0.3, 0.4) is 0 Å². The zero-order valence-corrected chi connectivity index (χ0v) is 11.0. The summed E-state index contributed by atoms with van der Waals surface area (Å²) in [5.74, 6) is -0.150. The van der Waals surface area contributed by atoms with E-state index in [4.69, 9.17) is 11.6 Å². The molecule has 0 bridgehead atoms. The molecule has 0 saturated carbocycles. The molecule has 0 saturated heterocycles. The van der Waals surface area contributed by atoms with Gasteiger partial charge in [0.05, 0.1) is 4.34 Å². The Morgan fingerprint density at radius 3 is 2.71 bits per heavy atom. The van der Waals surface area contributed by atoms with Gasteiger partial charge in [0.1, 0.15) is 5.82 Å². The normalized spacial score (nSPS) is 10.8. The third kappa shape index (κ3) is 3.53.